The number of anilines is 1. The van der Waals surface area contributed by atoms with Crippen molar-refractivity contribution < 1.29 is 9.67 Å². The first kappa shape index (κ1) is 16.2. The van der Waals surface area contributed by atoms with Gasteiger partial charge in [0, 0.05) is 43.4 Å². The summed E-state index contributed by atoms with van der Waals surface area (Å²) in [5, 5.41) is 10.6. The number of fused-ring (bicyclic) bond motifs is 1. The maximum absolute atomic E-state index is 9.42. The lowest BCUT2D eigenvalue weighted by Crippen LogP contribution is -2.39. The summed E-state index contributed by atoms with van der Waals surface area (Å²) in [5.74, 6) is 0. The fourth-order valence-electron chi connectivity index (χ4n) is 2.84. The number of para-hydroxylation sites is 1. The van der Waals surface area contributed by atoms with E-state index in [0.717, 1.165) is 16.8 Å². The summed E-state index contributed by atoms with van der Waals surface area (Å²) in [4.78, 5) is 2.09. The van der Waals surface area contributed by atoms with Crippen molar-refractivity contribution in [2.24, 2.45) is 0 Å². The van der Waals surface area contributed by atoms with Crippen LogP contribution in [-0.2, 0) is 6.54 Å². The molecule has 0 spiro atoms. The zero-order valence-electron chi connectivity index (χ0n) is 14.2. The van der Waals surface area contributed by atoms with Crippen LogP contribution in [0.2, 0.25) is 0 Å². The summed E-state index contributed by atoms with van der Waals surface area (Å²) in [6.45, 7) is 0.706. The third-order valence-corrected chi connectivity index (χ3v) is 4.15. The highest BCUT2D eigenvalue weighted by atomic mass is 16.3. The predicted molar refractivity (Wildman–Crippen MR) is 101 cm³/mol. The van der Waals surface area contributed by atoms with Gasteiger partial charge in [-0.1, -0.05) is 24.3 Å². The van der Waals surface area contributed by atoms with Crippen molar-refractivity contribution in [1.82, 2.24) is 0 Å². The van der Waals surface area contributed by atoms with Gasteiger partial charge in [0.2, 0.25) is 11.2 Å². The Morgan fingerprint density at radius 1 is 0.917 bits per heavy atom. The summed E-state index contributed by atoms with van der Waals surface area (Å²) < 4.78 is 2.15. The Kier molecular flexibility index (Phi) is 4.92. The van der Waals surface area contributed by atoms with Gasteiger partial charge in [-0.25, -0.2) is 0 Å². The topological polar surface area (TPSA) is 27.4 Å². The van der Waals surface area contributed by atoms with Crippen molar-refractivity contribution in [2.45, 2.75) is 6.54 Å². The first-order valence-corrected chi connectivity index (χ1v) is 8.17. The van der Waals surface area contributed by atoms with Crippen LogP contribution in [0, 0.1) is 0 Å². The van der Waals surface area contributed by atoms with Crippen molar-refractivity contribution in [3.63, 3.8) is 0 Å². The molecule has 0 unspecified atom stereocenters. The van der Waals surface area contributed by atoms with Gasteiger partial charge in [-0.2, -0.15) is 4.57 Å². The maximum atomic E-state index is 9.42. The Bertz CT molecular complexity index is 851. The minimum absolute atomic E-state index is 0.122. The molecule has 0 amide bonds. The summed E-state index contributed by atoms with van der Waals surface area (Å²) in [7, 11) is 4.08. The van der Waals surface area contributed by atoms with Gasteiger partial charge in [-0.15, -0.1) is 0 Å². The Labute approximate surface area is 143 Å². The lowest BCUT2D eigenvalue weighted by atomic mass is 10.1. The van der Waals surface area contributed by atoms with Gasteiger partial charge in [-0.05, 0) is 35.9 Å². The van der Waals surface area contributed by atoms with E-state index >= 15 is 0 Å². The van der Waals surface area contributed by atoms with Crippen LogP contribution in [0.1, 0.15) is 11.3 Å². The maximum Gasteiger partial charge on any atom is 0.213 e. The molecule has 1 heterocycles. The number of pyridine rings is 1. The number of aromatic nitrogens is 1. The molecule has 3 heteroatoms. The molecular formula is C21H23N2O+. The molecule has 0 radical (unpaired) electrons. The molecule has 0 fully saturated rings. The van der Waals surface area contributed by atoms with Crippen molar-refractivity contribution in [1.29, 1.82) is 0 Å². The van der Waals surface area contributed by atoms with Crippen LogP contribution < -0.4 is 9.47 Å². The second-order valence-electron chi connectivity index (χ2n) is 6.01. The fourth-order valence-corrected chi connectivity index (χ4v) is 2.84. The molecule has 0 aliphatic heterocycles. The summed E-state index contributed by atoms with van der Waals surface area (Å²) in [6, 6.07) is 20.9. The molecule has 1 aromatic heterocycles. The monoisotopic (exact) mass is 319 g/mol. The molecule has 0 saturated heterocycles. The Hall–Kier alpha value is -2.65. The van der Waals surface area contributed by atoms with E-state index in [4.69, 9.17) is 0 Å². The quantitative estimate of drug-likeness (QED) is 0.730. The van der Waals surface area contributed by atoms with Crippen molar-refractivity contribution >= 4 is 28.7 Å². The Morgan fingerprint density at radius 2 is 1.67 bits per heavy atom. The minimum Gasteiger partial charge on any atom is -0.390 e. The molecule has 122 valence electrons. The SMILES string of the molecule is CN(C)c1ccc(C=Cc2ccc3ccccc3[n+]2CCO)cc1. The van der Waals surface area contributed by atoms with Gasteiger partial charge in [0.15, 0.2) is 6.54 Å². The van der Waals surface area contributed by atoms with Gasteiger partial charge in [0.1, 0.15) is 6.61 Å². The number of hydrogen-bond donors (Lipinski definition) is 1. The standard InChI is InChI=1S/C21H23N2O/c1-22(2)19-11-7-17(8-12-19)9-13-20-14-10-18-5-3-4-6-21(18)23(20)15-16-24/h3-14,24H,15-16H2,1-2H3/q+1. The highest BCUT2D eigenvalue weighted by Gasteiger charge is 2.12. The molecule has 0 atom stereocenters. The van der Waals surface area contributed by atoms with Crippen LogP contribution in [0.3, 0.4) is 0 Å². The van der Waals surface area contributed by atoms with Gasteiger partial charge < -0.3 is 10.0 Å². The highest BCUT2D eigenvalue weighted by molar-refractivity contribution is 5.77. The van der Waals surface area contributed by atoms with Crippen molar-refractivity contribution in [3.05, 3.63) is 71.9 Å². The van der Waals surface area contributed by atoms with Gasteiger partial charge >= 0.3 is 0 Å². The molecule has 24 heavy (non-hydrogen) atoms. The molecule has 2 aromatic carbocycles. The zero-order chi connectivity index (χ0) is 16.9. The number of aliphatic hydroxyl groups is 1. The average molecular weight is 319 g/mol. The van der Waals surface area contributed by atoms with Crippen molar-refractivity contribution in [3.8, 4) is 0 Å². The van der Waals surface area contributed by atoms with Gasteiger partial charge in [0.05, 0.1) is 0 Å². The van der Waals surface area contributed by atoms with Crippen molar-refractivity contribution in [2.75, 3.05) is 25.6 Å². The molecule has 3 aromatic rings. The fraction of sp³-hybridized carbons (Fsp3) is 0.190. The van der Waals surface area contributed by atoms with E-state index in [1.54, 1.807) is 0 Å². The first-order chi connectivity index (χ1) is 11.7. The second-order valence-corrected chi connectivity index (χ2v) is 6.01. The van der Waals surface area contributed by atoms with E-state index in [1.807, 2.05) is 26.2 Å². The highest BCUT2D eigenvalue weighted by Crippen LogP contribution is 2.15. The molecule has 0 aliphatic rings. The van der Waals surface area contributed by atoms with Crippen LogP contribution in [-0.4, -0.2) is 25.8 Å². The third-order valence-electron chi connectivity index (χ3n) is 4.15. The molecule has 3 rings (SSSR count). The molecule has 1 N–H and O–H groups in total. The smallest absolute Gasteiger partial charge is 0.213 e. The summed E-state index contributed by atoms with van der Waals surface area (Å²) >= 11 is 0. The van der Waals surface area contributed by atoms with E-state index in [2.05, 4.69) is 70.1 Å². The molecule has 0 saturated carbocycles. The second kappa shape index (κ2) is 7.28. The lowest BCUT2D eigenvalue weighted by molar-refractivity contribution is -0.674. The lowest BCUT2D eigenvalue weighted by Gasteiger charge is -2.11. The first-order valence-electron chi connectivity index (χ1n) is 8.17. The third kappa shape index (κ3) is 3.47. The largest absolute Gasteiger partial charge is 0.390 e. The van der Waals surface area contributed by atoms with Gasteiger partial charge in [-0.3, -0.25) is 0 Å². The number of benzene rings is 2. The number of aliphatic hydroxyl groups excluding tert-OH is 1. The average Bonchev–Trinajstić information content (AvgIpc) is 2.61. The van der Waals surface area contributed by atoms with E-state index in [0.29, 0.717) is 6.54 Å². The number of nitrogens with zero attached hydrogens (tertiary/aromatic N) is 2. The van der Waals surface area contributed by atoms with Crippen LogP contribution in [0.15, 0.2) is 60.7 Å². The Morgan fingerprint density at radius 3 is 2.38 bits per heavy atom. The number of rotatable bonds is 5. The molecular weight excluding hydrogens is 296 g/mol. The van der Waals surface area contributed by atoms with E-state index in [1.165, 1.54) is 11.1 Å². The molecule has 0 aliphatic carbocycles. The van der Waals surface area contributed by atoms with E-state index in [-0.39, 0.29) is 6.61 Å². The number of hydrogen-bond acceptors (Lipinski definition) is 2. The van der Waals surface area contributed by atoms with E-state index in [9.17, 15) is 5.11 Å². The van der Waals surface area contributed by atoms with Gasteiger partial charge in [0.25, 0.3) is 0 Å². The minimum atomic E-state index is 0.122. The predicted octanol–water partition coefficient (Wildman–Crippen LogP) is 3.36. The Balaban J connectivity index is 1.95. The molecule has 0 bridgehead atoms. The normalized spacial score (nSPS) is 11.3. The van der Waals surface area contributed by atoms with E-state index < -0.39 is 0 Å². The van der Waals surface area contributed by atoms with Crippen LogP contribution in [0.5, 0.6) is 0 Å². The summed E-state index contributed by atoms with van der Waals surface area (Å²) in [6.07, 6.45) is 4.21. The zero-order valence-corrected chi connectivity index (χ0v) is 14.2. The van der Waals surface area contributed by atoms with Crippen LogP contribution in [0.25, 0.3) is 23.1 Å². The van der Waals surface area contributed by atoms with Crippen LogP contribution >= 0.6 is 0 Å². The summed E-state index contributed by atoms with van der Waals surface area (Å²) in [5.41, 5.74) is 4.56. The van der Waals surface area contributed by atoms with Crippen LogP contribution in [0.4, 0.5) is 5.69 Å². The molecule has 3 nitrogen and oxygen atoms in total.